The number of rotatable bonds is 2. The number of thiol groups is 1. The molecule has 0 radical (unpaired) electrons. The fourth-order valence-corrected chi connectivity index (χ4v) is 3.58. The molecule has 1 N–H and O–H groups in total. The van der Waals surface area contributed by atoms with Crippen LogP contribution in [0.5, 0.6) is 0 Å². The zero-order valence-corrected chi connectivity index (χ0v) is 11.7. The van der Waals surface area contributed by atoms with Gasteiger partial charge >= 0.3 is 0 Å². The minimum atomic E-state index is -0.218. The van der Waals surface area contributed by atoms with Crippen LogP contribution in [-0.2, 0) is 11.2 Å². The van der Waals surface area contributed by atoms with E-state index in [9.17, 15) is 9.90 Å². The van der Waals surface area contributed by atoms with Gasteiger partial charge in [-0.25, -0.2) is 0 Å². The summed E-state index contributed by atoms with van der Waals surface area (Å²) in [5, 5.41) is 9.76. The number of nitrogens with zero attached hydrogens (tertiary/aromatic N) is 1. The second kappa shape index (κ2) is 5.17. The van der Waals surface area contributed by atoms with Crippen LogP contribution in [0.3, 0.4) is 0 Å². The topological polar surface area (TPSA) is 40.5 Å². The first-order valence-electron chi connectivity index (χ1n) is 6.90. The summed E-state index contributed by atoms with van der Waals surface area (Å²) >= 11 is 4.25. The summed E-state index contributed by atoms with van der Waals surface area (Å²) in [5.74, 6) is 0.200. The first kappa shape index (κ1) is 13.0. The quantitative estimate of drug-likeness (QED) is 0.812. The van der Waals surface area contributed by atoms with Crippen LogP contribution in [0.25, 0.3) is 0 Å². The summed E-state index contributed by atoms with van der Waals surface area (Å²) in [6.07, 6.45) is 3.82. The molecule has 0 aromatic heterocycles. The highest BCUT2D eigenvalue weighted by atomic mass is 32.1. The Hall–Kier alpha value is -1.00. The predicted molar refractivity (Wildman–Crippen MR) is 76.3 cm³/mol. The molecule has 19 heavy (non-hydrogen) atoms. The molecular weight excluding hydrogens is 258 g/mol. The van der Waals surface area contributed by atoms with Crippen molar-refractivity contribution in [2.75, 3.05) is 0 Å². The fraction of sp³-hybridized carbons (Fsp3) is 0.533. The maximum absolute atomic E-state index is 12.4. The molecule has 2 fully saturated rings. The Labute approximate surface area is 119 Å². The molecule has 2 bridgehead atoms. The molecule has 1 aromatic carbocycles. The smallest absolute Gasteiger partial charge is 0.227 e. The van der Waals surface area contributed by atoms with Gasteiger partial charge in [0.15, 0.2) is 0 Å². The number of carbonyl (C=O) groups excluding carboxylic acids is 1. The summed E-state index contributed by atoms with van der Waals surface area (Å²) in [6, 6.07) is 8.26. The Morgan fingerprint density at radius 1 is 1.21 bits per heavy atom. The number of hydrogen-bond donors (Lipinski definition) is 2. The number of aliphatic hydroxyl groups is 1. The summed E-state index contributed by atoms with van der Waals surface area (Å²) < 4.78 is 0. The molecule has 1 amide bonds. The molecule has 2 saturated heterocycles. The SMILES string of the molecule is O=C(Cc1ccc(S)cc1)N1C2CCC1CC(O)C2. The highest BCUT2D eigenvalue weighted by Gasteiger charge is 2.42. The monoisotopic (exact) mass is 277 g/mol. The molecule has 2 aliphatic heterocycles. The van der Waals surface area contributed by atoms with Gasteiger partial charge in [-0.2, -0.15) is 0 Å². The van der Waals surface area contributed by atoms with Gasteiger partial charge in [0.2, 0.25) is 5.91 Å². The van der Waals surface area contributed by atoms with Crippen LogP contribution in [0.15, 0.2) is 29.2 Å². The van der Waals surface area contributed by atoms with Crippen LogP contribution < -0.4 is 0 Å². The van der Waals surface area contributed by atoms with E-state index in [1.807, 2.05) is 29.2 Å². The van der Waals surface area contributed by atoms with Gasteiger partial charge in [0.05, 0.1) is 12.5 Å². The largest absolute Gasteiger partial charge is 0.393 e. The van der Waals surface area contributed by atoms with E-state index >= 15 is 0 Å². The molecule has 0 saturated carbocycles. The average molecular weight is 277 g/mol. The molecule has 0 spiro atoms. The van der Waals surface area contributed by atoms with E-state index in [2.05, 4.69) is 12.6 Å². The number of benzene rings is 1. The lowest BCUT2D eigenvalue weighted by Gasteiger charge is -2.37. The third-order valence-corrected chi connectivity index (χ3v) is 4.59. The van der Waals surface area contributed by atoms with Crippen LogP contribution in [0.2, 0.25) is 0 Å². The van der Waals surface area contributed by atoms with Crippen molar-refractivity contribution in [3.05, 3.63) is 29.8 Å². The fourth-order valence-electron chi connectivity index (χ4n) is 3.44. The molecule has 1 aromatic rings. The lowest BCUT2D eigenvalue weighted by molar-refractivity contribution is -0.136. The number of amides is 1. The highest BCUT2D eigenvalue weighted by Crippen LogP contribution is 2.36. The Morgan fingerprint density at radius 2 is 1.79 bits per heavy atom. The third-order valence-electron chi connectivity index (χ3n) is 4.29. The molecule has 3 nitrogen and oxygen atoms in total. The van der Waals surface area contributed by atoms with Crippen LogP contribution in [0, 0.1) is 0 Å². The molecule has 3 rings (SSSR count). The number of piperidine rings is 1. The summed E-state index contributed by atoms with van der Waals surface area (Å²) in [4.78, 5) is 15.4. The van der Waals surface area contributed by atoms with E-state index in [1.165, 1.54) is 0 Å². The third kappa shape index (κ3) is 2.65. The zero-order chi connectivity index (χ0) is 13.4. The standard InChI is InChI=1S/C15H19NO2S/c17-13-8-11-3-4-12(9-13)16(11)15(18)7-10-1-5-14(19)6-2-10/h1-2,5-6,11-13,17,19H,3-4,7-9H2. The zero-order valence-electron chi connectivity index (χ0n) is 10.8. The van der Waals surface area contributed by atoms with Crippen LogP contribution in [0.4, 0.5) is 0 Å². The van der Waals surface area contributed by atoms with E-state index in [0.29, 0.717) is 6.42 Å². The second-order valence-electron chi connectivity index (χ2n) is 5.65. The van der Waals surface area contributed by atoms with Crippen molar-refractivity contribution in [2.24, 2.45) is 0 Å². The van der Waals surface area contributed by atoms with Gasteiger partial charge in [0.25, 0.3) is 0 Å². The minimum Gasteiger partial charge on any atom is -0.393 e. The van der Waals surface area contributed by atoms with Gasteiger partial charge in [-0.15, -0.1) is 12.6 Å². The van der Waals surface area contributed by atoms with Crippen LogP contribution in [0.1, 0.15) is 31.2 Å². The van der Waals surface area contributed by atoms with Crippen LogP contribution >= 0.6 is 12.6 Å². The first-order valence-corrected chi connectivity index (χ1v) is 7.35. The van der Waals surface area contributed by atoms with Gasteiger partial charge in [0.1, 0.15) is 0 Å². The van der Waals surface area contributed by atoms with E-state index in [4.69, 9.17) is 0 Å². The maximum Gasteiger partial charge on any atom is 0.227 e. The maximum atomic E-state index is 12.4. The number of carbonyl (C=O) groups is 1. The molecule has 2 heterocycles. The molecule has 102 valence electrons. The summed E-state index contributed by atoms with van der Waals surface area (Å²) in [7, 11) is 0. The predicted octanol–water partition coefficient (Wildman–Crippen LogP) is 2.03. The van der Waals surface area contributed by atoms with Gasteiger partial charge in [-0.05, 0) is 43.4 Å². The first-order chi connectivity index (χ1) is 9.13. The summed E-state index contributed by atoms with van der Waals surface area (Å²) in [5.41, 5.74) is 1.04. The molecule has 2 unspecified atom stereocenters. The molecular formula is C15H19NO2S. The van der Waals surface area contributed by atoms with E-state index in [1.54, 1.807) is 0 Å². The van der Waals surface area contributed by atoms with E-state index in [-0.39, 0.29) is 24.1 Å². The van der Waals surface area contributed by atoms with Crippen LogP contribution in [-0.4, -0.2) is 34.1 Å². The second-order valence-corrected chi connectivity index (χ2v) is 6.17. The van der Waals surface area contributed by atoms with E-state index in [0.717, 1.165) is 36.1 Å². The van der Waals surface area contributed by atoms with E-state index < -0.39 is 0 Å². The lowest BCUT2D eigenvalue weighted by Crippen LogP contribution is -2.48. The lowest BCUT2D eigenvalue weighted by atomic mass is 9.99. The van der Waals surface area contributed by atoms with Gasteiger partial charge in [-0.3, -0.25) is 4.79 Å². The molecule has 2 aliphatic rings. The van der Waals surface area contributed by atoms with Crippen molar-refractivity contribution >= 4 is 18.5 Å². The summed E-state index contributed by atoms with van der Waals surface area (Å²) in [6.45, 7) is 0. The van der Waals surface area contributed by atoms with Gasteiger partial charge < -0.3 is 10.0 Å². The van der Waals surface area contributed by atoms with Crippen molar-refractivity contribution in [3.8, 4) is 0 Å². The molecule has 0 aliphatic carbocycles. The molecule has 2 atom stereocenters. The Balaban J connectivity index is 1.69. The Kier molecular flexibility index (Phi) is 3.54. The van der Waals surface area contributed by atoms with Gasteiger partial charge in [0, 0.05) is 17.0 Å². The number of aliphatic hydroxyl groups excluding tert-OH is 1. The van der Waals surface area contributed by atoms with Gasteiger partial charge in [-0.1, -0.05) is 12.1 Å². The Morgan fingerprint density at radius 3 is 2.37 bits per heavy atom. The average Bonchev–Trinajstić information content (AvgIpc) is 2.65. The van der Waals surface area contributed by atoms with Crippen molar-refractivity contribution in [3.63, 3.8) is 0 Å². The van der Waals surface area contributed by atoms with Crippen molar-refractivity contribution < 1.29 is 9.90 Å². The van der Waals surface area contributed by atoms with Crippen molar-refractivity contribution in [1.29, 1.82) is 0 Å². The normalized spacial score (nSPS) is 29.6. The number of hydrogen-bond acceptors (Lipinski definition) is 3. The molecule has 4 heteroatoms. The number of fused-ring (bicyclic) bond motifs is 2. The minimum absolute atomic E-state index is 0.200. The highest BCUT2D eigenvalue weighted by molar-refractivity contribution is 7.80. The van der Waals surface area contributed by atoms with Crippen molar-refractivity contribution in [2.45, 2.75) is 55.2 Å². The van der Waals surface area contributed by atoms with Crippen molar-refractivity contribution in [1.82, 2.24) is 4.90 Å². The Bertz CT molecular complexity index is 460.